The molecule has 0 aliphatic heterocycles. The van der Waals surface area contributed by atoms with Crippen molar-refractivity contribution in [3.05, 3.63) is 46.4 Å². The van der Waals surface area contributed by atoms with Crippen LogP contribution in [0.2, 0.25) is 0 Å². The number of benzene rings is 1. The maximum absolute atomic E-state index is 13.9. The molecule has 0 saturated heterocycles. The Bertz CT molecular complexity index is 813. The molecule has 0 spiro atoms. The second-order valence-corrected chi connectivity index (χ2v) is 9.15. The first kappa shape index (κ1) is 18.4. The number of rotatable bonds is 6. The summed E-state index contributed by atoms with van der Waals surface area (Å²) in [6.45, 7) is 0.337. The molecule has 0 bridgehead atoms. The Morgan fingerprint density at radius 3 is 2.60 bits per heavy atom. The summed E-state index contributed by atoms with van der Waals surface area (Å²) >= 11 is 1.67. The summed E-state index contributed by atoms with van der Waals surface area (Å²) in [6.07, 6.45) is 5.30. The van der Waals surface area contributed by atoms with Gasteiger partial charge in [0.2, 0.25) is 10.0 Å². The highest BCUT2D eigenvalue weighted by atomic mass is 32.2. The first-order valence-corrected chi connectivity index (χ1v) is 10.7. The summed E-state index contributed by atoms with van der Waals surface area (Å²) in [5.74, 6) is -0.655. The number of sulfonamides is 1. The predicted molar refractivity (Wildman–Crippen MR) is 97.2 cm³/mol. The number of ether oxygens (including phenoxy) is 1. The van der Waals surface area contributed by atoms with Gasteiger partial charge in [-0.05, 0) is 42.5 Å². The molecule has 1 aliphatic rings. The molecule has 0 unspecified atom stereocenters. The van der Waals surface area contributed by atoms with E-state index in [4.69, 9.17) is 4.74 Å². The zero-order valence-electron chi connectivity index (χ0n) is 14.1. The minimum absolute atomic E-state index is 0.0290. The third-order valence-electron chi connectivity index (χ3n) is 4.89. The minimum atomic E-state index is -3.78. The molecule has 1 N–H and O–H groups in total. The van der Waals surface area contributed by atoms with Crippen LogP contribution in [0.5, 0.6) is 5.75 Å². The Hall–Kier alpha value is -1.44. The van der Waals surface area contributed by atoms with Gasteiger partial charge in [0, 0.05) is 16.8 Å². The number of hydrogen-bond donors (Lipinski definition) is 1. The van der Waals surface area contributed by atoms with Crippen molar-refractivity contribution in [1.29, 1.82) is 0 Å². The van der Waals surface area contributed by atoms with E-state index in [1.165, 1.54) is 30.5 Å². The van der Waals surface area contributed by atoms with Crippen molar-refractivity contribution in [3.8, 4) is 5.75 Å². The SMILES string of the molecule is COc1ccc(S(=O)(=O)NCC2(c3cccs3)CCCCC2)cc1F. The molecule has 25 heavy (non-hydrogen) atoms. The van der Waals surface area contributed by atoms with Gasteiger partial charge in [0.1, 0.15) is 0 Å². The van der Waals surface area contributed by atoms with Gasteiger partial charge in [-0.3, -0.25) is 0 Å². The topological polar surface area (TPSA) is 55.4 Å². The van der Waals surface area contributed by atoms with Crippen LogP contribution in [-0.4, -0.2) is 22.1 Å². The van der Waals surface area contributed by atoms with E-state index in [0.29, 0.717) is 6.54 Å². The average molecular weight is 384 g/mol. The molecule has 1 aromatic carbocycles. The number of nitrogens with one attached hydrogen (secondary N) is 1. The maximum Gasteiger partial charge on any atom is 0.240 e. The Morgan fingerprint density at radius 2 is 2.00 bits per heavy atom. The minimum Gasteiger partial charge on any atom is -0.494 e. The molecule has 1 aliphatic carbocycles. The number of halogens is 1. The van der Waals surface area contributed by atoms with E-state index in [0.717, 1.165) is 31.7 Å². The molecular weight excluding hydrogens is 361 g/mol. The highest BCUT2D eigenvalue weighted by Gasteiger charge is 2.36. The van der Waals surface area contributed by atoms with Crippen molar-refractivity contribution in [2.75, 3.05) is 13.7 Å². The molecular formula is C18H22FNO3S2. The summed E-state index contributed by atoms with van der Waals surface area (Å²) in [6, 6.07) is 7.78. The van der Waals surface area contributed by atoms with E-state index < -0.39 is 15.8 Å². The first-order chi connectivity index (χ1) is 12.0. The zero-order valence-corrected chi connectivity index (χ0v) is 15.8. The van der Waals surface area contributed by atoms with Crippen molar-refractivity contribution in [2.24, 2.45) is 0 Å². The fraction of sp³-hybridized carbons (Fsp3) is 0.444. The van der Waals surface area contributed by atoms with E-state index >= 15 is 0 Å². The van der Waals surface area contributed by atoms with E-state index in [2.05, 4.69) is 10.8 Å². The van der Waals surface area contributed by atoms with Gasteiger partial charge in [0.05, 0.1) is 12.0 Å². The second-order valence-electron chi connectivity index (χ2n) is 6.44. The molecule has 1 fully saturated rings. The van der Waals surface area contributed by atoms with Gasteiger partial charge < -0.3 is 4.74 Å². The molecule has 1 aromatic heterocycles. The zero-order chi connectivity index (χ0) is 17.9. The van der Waals surface area contributed by atoms with Gasteiger partial charge >= 0.3 is 0 Å². The molecule has 1 saturated carbocycles. The Labute approximate surface area is 152 Å². The Balaban J connectivity index is 1.81. The van der Waals surface area contributed by atoms with Gasteiger partial charge in [-0.2, -0.15) is 0 Å². The number of thiophene rings is 1. The summed E-state index contributed by atoms with van der Waals surface area (Å²) in [7, 11) is -2.43. The lowest BCUT2D eigenvalue weighted by Crippen LogP contribution is -2.41. The largest absolute Gasteiger partial charge is 0.494 e. The van der Waals surface area contributed by atoms with Crippen LogP contribution in [0.4, 0.5) is 4.39 Å². The van der Waals surface area contributed by atoms with Crippen LogP contribution in [0, 0.1) is 5.82 Å². The number of hydrogen-bond acceptors (Lipinski definition) is 4. The van der Waals surface area contributed by atoms with Crippen LogP contribution < -0.4 is 9.46 Å². The fourth-order valence-electron chi connectivity index (χ4n) is 3.45. The van der Waals surface area contributed by atoms with Crippen LogP contribution in [0.3, 0.4) is 0 Å². The summed E-state index contributed by atoms with van der Waals surface area (Å²) in [5, 5.41) is 2.03. The fourth-order valence-corrected chi connectivity index (χ4v) is 5.58. The maximum atomic E-state index is 13.9. The van der Waals surface area contributed by atoms with Gasteiger partial charge in [-0.1, -0.05) is 25.3 Å². The van der Waals surface area contributed by atoms with Crippen LogP contribution in [0.25, 0.3) is 0 Å². The van der Waals surface area contributed by atoms with Crippen LogP contribution >= 0.6 is 11.3 Å². The van der Waals surface area contributed by atoms with E-state index in [1.54, 1.807) is 11.3 Å². The lowest BCUT2D eigenvalue weighted by molar-refractivity contribution is 0.298. The summed E-state index contributed by atoms with van der Waals surface area (Å²) in [5.41, 5.74) is -0.162. The van der Waals surface area contributed by atoms with Crippen LogP contribution in [-0.2, 0) is 15.4 Å². The monoisotopic (exact) mass is 383 g/mol. The smallest absolute Gasteiger partial charge is 0.240 e. The van der Waals surface area contributed by atoms with Crippen molar-refractivity contribution < 1.29 is 17.5 Å². The van der Waals surface area contributed by atoms with Gasteiger partial charge in [0.15, 0.2) is 11.6 Å². The van der Waals surface area contributed by atoms with E-state index in [9.17, 15) is 12.8 Å². The third kappa shape index (κ3) is 3.88. The van der Waals surface area contributed by atoms with Crippen molar-refractivity contribution in [3.63, 3.8) is 0 Å². The normalized spacial score (nSPS) is 17.4. The van der Waals surface area contributed by atoms with Gasteiger partial charge in [0.25, 0.3) is 0 Å². The van der Waals surface area contributed by atoms with Crippen molar-refractivity contribution in [2.45, 2.75) is 42.4 Å². The highest BCUT2D eigenvalue weighted by molar-refractivity contribution is 7.89. The van der Waals surface area contributed by atoms with Crippen LogP contribution in [0.1, 0.15) is 37.0 Å². The number of methoxy groups -OCH3 is 1. The molecule has 0 radical (unpaired) electrons. The molecule has 4 nitrogen and oxygen atoms in total. The summed E-state index contributed by atoms with van der Waals surface area (Å²) in [4.78, 5) is 1.14. The average Bonchev–Trinajstić information content (AvgIpc) is 3.16. The molecule has 7 heteroatoms. The van der Waals surface area contributed by atoms with Gasteiger partial charge in [-0.15, -0.1) is 11.3 Å². The lowest BCUT2D eigenvalue weighted by Gasteiger charge is -2.36. The first-order valence-electron chi connectivity index (χ1n) is 8.34. The molecule has 0 atom stereocenters. The van der Waals surface area contributed by atoms with Crippen molar-refractivity contribution in [1.82, 2.24) is 4.72 Å². The molecule has 2 aromatic rings. The molecule has 136 valence electrons. The van der Waals surface area contributed by atoms with E-state index in [-0.39, 0.29) is 16.1 Å². The quantitative estimate of drug-likeness (QED) is 0.818. The lowest BCUT2D eigenvalue weighted by atomic mass is 9.73. The Kier molecular flexibility index (Phi) is 5.46. The predicted octanol–water partition coefficient (Wildman–Crippen LogP) is 4.08. The Morgan fingerprint density at radius 1 is 1.24 bits per heavy atom. The molecule has 1 heterocycles. The molecule has 3 rings (SSSR count). The second kappa shape index (κ2) is 7.43. The third-order valence-corrected chi connectivity index (χ3v) is 7.40. The highest BCUT2D eigenvalue weighted by Crippen LogP contribution is 2.41. The van der Waals surface area contributed by atoms with E-state index in [1.807, 2.05) is 11.4 Å². The standard InChI is InChI=1S/C18H22FNO3S2/c1-23-16-8-7-14(12-15(16)19)25(21,22)20-13-18(9-3-2-4-10-18)17-6-5-11-24-17/h5-8,11-12,20H,2-4,9-10,13H2,1H3. The van der Waals surface area contributed by atoms with Crippen molar-refractivity contribution >= 4 is 21.4 Å². The van der Waals surface area contributed by atoms with Gasteiger partial charge in [-0.25, -0.2) is 17.5 Å². The molecule has 0 amide bonds. The summed E-state index contributed by atoms with van der Waals surface area (Å²) < 4.78 is 46.7. The van der Waals surface area contributed by atoms with Crippen LogP contribution in [0.15, 0.2) is 40.6 Å².